The van der Waals surface area contributed by atoms with Crippen LogP contribution in [-0.4, -0.2) is 62.7 Å². The zero-order chi connectivity index (χ0) is 30.8. The smallest absolute Gasteiger partial charge is 0.287 e. The van der Waals surface area contributed by atoms with E-state index in [4.69, 9.17) is 27.4 Å². The second kappa shape index (κ2) is 15.2. The number of unbranched alkanes of at least 4 members (excludes halogenated alkanes) is 4. The zero-order valence-electron chi connectivity index (χ0n) is 24.5. The molecule has 1 aliphatic rings. The highest BCUT2D eigenvalue weighted by atomic mass is 16.3. The van der Waals surface area contributed by atoms with Gasteiger partial charge in [-0.3, -0.25) is 19.4 Å². The van der Waals surface area contributed by atoms with Gasteiger partial charge in [0.1, 0.15) is 0 Å². The Morgan fingerprint density at radius 2 is 1.35 bits per heavy atom. The fraction of sp³-hybridized carbons (Fsp3) is 0.419. The molecule has 0 spiro atoms. The van der Waals surface area contributed by atoms with Crippen molar-refractivity contribution in [3.63, 3.8) is 0 Å². The minimum atomic E-state index is -0.428. The molecule has 0 saturated carbocycles. The number of furan rings is 1. The lowest BCUT2D eigenvalue weighted by molar-refractivity contribution is 0.0927. The molecule has 2 aromatic carbocycles. The number of hydrogen-bond acceptors (Lipinski definition) is 9. The molecule has 0 unspecified atom stereocenters. The van der Waals surface area contributed by atoms with Crippen LogP contribution in [0.25, 0.3) is 11.0 Å². The molecule has 0 bridgehead atoms. The van der Waals surface area contributed by atoms with Gasteiger partial charge in [-0.15, -0.1) is 0 Å². The number of guanidine groups is 1. The van der Waals surface area contributed by atoms with Crippen LogP contribution in [0, 0.1) is 0 Å². The fourth-order valence-corrected chi connectivity index (χ4v) is 5.22. The summed E-state index contributed by atoms with van der Waals surface area (Å²) in [6.07, 6.45) is 5.72. The lowest BCUT2D eigenvalue weighted by atomic mass is 9.81. The Bertz CT molecular complexity index is 1400. The number of ketones is 2. The molecule has 0 atom stereocenters. The monoisotopic (exact) mass is 590 g/mol. The third-order valence-corrected chi connectivity index (χ3v) is 7.35. The van der Waals surface area contributed by atoms with Crippen LogP contribution < -0.4 is 38.9 Å². The number of rotatable bonds is 17. The van der Waals surface area contributed by atoms with Gasteiger partial charge in [-0.1, -0.05) is 37.1 Å². The highest BCUT2D eigenvalue weighted by molar-refractivity contribution is 6.35. The summed E-state index contributed by atoms with van der Waals surface area (Å²) in [4.78, 5) is 45.1. The van der Waals surface area contributed by atoms with Crippen LogP contribution in [0.15, 0.2) is 39.7 Å². The molecule has 1 aliphatic carbocycles. The van der Waals surface area contributed by atoms with E-state index in [0.717, 1.165) is 38.5 Å². The molecule has 11 N–H and O–H groups in total. The number of aliphatic imine (C=N–C) groups is 1. The Labute approximate surface area is 251 Å². The maximum absolute atomic E-state index is 14.0. The van der Waals surface area contributed by atoms with E-state index in [9.17, 15) is 14.4 Å². The predicted octanol–water partition coefficient (Wildman–Crippen LogP) is 2.68. The molecule has 230 valence electrons. The molecule has 0 radical (unpaired) electrons. The zero-order valence-corrected chi connectivity index (χ0v) is 24.5. The second-order valence-electron chi connectivity index (χ2n) is 10.5. The molecule has 0 aliphatic heterocycles. The van der Waals surface area contributed by atoms with Gasteiger partial charge < -0.3 is 43.3 Å². The second-order valence-corrected chi connectivity index (χ2v) is 10.5. The summed E-state index contributed by atoms with van der Waals surface area (Å²) < 4.78 is 6.18. The van der Waals surface area contributed by atoms with Crippen molar-refractivity contribution in [1.29, 1.82) is 0 Å². The minimum absolute atomic E-state index is 0.00932. The van der Waals surface area contributed by atoms with E-state index in [0.29, 0.717) is 79.2 Å². The Kier molecular flexibility index (Phi) is 11.1. The quantitative estimate of drug-likeness (QED) is 0.0413. The first-order chi connectivity index (χ1) is 20.9. The van der Waals surface area contributed by atoms with E-state index in [2.05, 4.69) is 20.9 Å². The molecule has 1 aromatic heterocycles. The summed E-state index contributed by atoms with van der Waals surface area (Å²) in [5, 5.41) is 10.1. The lowest BCUT2D eigenvalue weighted by Crippen LogP contribution is -2.26. The fourth-order valence-electron chi connectivity index (χ4n) is 5.22. The van der Waals surface area contributed by atoms with Crippen molar-refractivity contribution < 1.29 is 18.8 Å². The molecule has 43 heavy (non-hydrogen) atoms. The van der Waals surface area contributed by atoms with Gasteiger partial charge in [0.15, 0.2) is 28.9 Å². The topological polar surface area (TPSA) is 217 Å². The van der Waals surface area contributed by atoms with Gasteiger partial charge in [-0.05, 0) is 51.3 Å². The number of nitrogens with one attached hydrogen (secondary N) is 3. The lowest BCUT2D eigenvalue weighted by Gasteiger charge is -2.24. The summed E-state index contributed by atoms with van der Waals surface area (Å²) in [6, 6.07) is 8.45. The van der Waals surface area contributed by atoms with Crippen LogP contribution in [0.3, 0.4) is 0 Å². The van der Waals surface area contributed by atoms with Crippen LogP contribution in [0.1, 0.15) is 87.3 Å². The van der Waals surface area contributed by atoms with Crippen LogP contribution in [0.2, 0.25) is 0 Å². The maximum atomic E-state index is 14.0. The van der Waals surface area contributed by atoms with Crippen LogP contribution in [0.5, 0.6) is 0 Å². The van der Waals surface area contributed by atoms with E-state index >= 15 is 0 Å². The minimum Gasteiger partial charge on any atom is -0.449 e. The summed E-state index contributed by atoms with van der Waals surface area (Å²) in [5.74, 6) is -0.902. The van der Waals surface area contributed by atoms with Crippen molar-refractivity contribution in [3.05, 3.63) is 58.3 Å². The Balaban J connectivity index is 1.79. The first kappa shape index (κ1) is 31.5. The molecular weight excluding hydrogens is 548 g/mol. The number of anilines is 2. The largest absolute Gasteiger partial charge is 0.449 e. The van der Waals surface area contributed by atoms with Crippen molar-refractivity contribution in [3.8, 4) is 0 Å². The van der Waals surface area contributed by atoms with Gasteiger partial charge in [0.25, 0.3) is 5.91 Å². The number of amides is 1. The van der Waals surface area contributed by atoms with Crippen LogP contribution in [0.4, 0.5) is 11.4 Å². The number of carbonyl (C=O) groups is 3. The highest BCUT2D eigenvalue weighted by Crippen LogP contribution is 2.44. The van der Waals surface area contributed by atoms with Crippen molar-refractivity contribution >= 4 is 45.8 Å². The van der Waals surface area contributed by atoms with Crippen molar-refractivity contribution in [2.75, 3.05) is 49.9 Å². The van der Waals surface area contributed by atoms with Crippen LogP contribution >= 0.6 is 0 Å². The molecule has 1 amide bonds. The summed E-state index contributed by atoms with van der Waals surface area (Å²) in [7, 11) is 0. The molecule has 3 aromatic rings. The molecule has 12 nitrogen and oxygen atoms in total. The number of carbonyl (C=O) groups excluding carboxylic acids is 3. The van der Waals surface area contributed by atoms with Gasteiger partial charge in [-0.25, -0.2) is 0 Å². The number of hydrogen-bond donors (Lipinski definition) is 7. The standard InChI is InChI=1S/C31H42N8O4/c32-12-5-1-7-14-36-25-21-18-22(30(42)38-16-9-17-39-31(34)35)43-29(21)26(37-15-8-2-6-13-33)24-23(25)27(40)19-10-3-4-11-20(19)28(24)41/h3-4,10-11,18,36-37H,1-2,5-9,12-17,32-33H2,(H,38,42)(H4,34,35,39). The predicted molar refractivity (Wildman–Crippen MR) is 170 cm³/mol. The normalized spacial score (nSPS) is 12.1. The highest BCUT2D eigenvalue weighted by Gasteiger charge is 2.37. The SMILES string of the molecule is NCCCCCNc1c2c(c(NCCCCCN)c3oc(C(=O)NCCCN=C(N)N)cc13)C(=O)c1ccccc1C2=O. The molecular formula is C31H42N8O4. The summed E-state index contributed by atoms with van der Waals surface area (Å²) >= 11 is 0. The van der Waals surface area contributed by atoms with Crippen molar-refractivity contribution in [2.45, 2.75) is 44.9 Å². The van der Waals surface area contributed by atoms with Gasteiger partial charge >= 0.3 is 0 Å². The maximum Gasteiger partial charge on any atom is 0.287 e. The van der Waals surface area contributed by atoms with Gasteiger partial charge in [-0.2, -0.15) is 0 Å². The first-order valence-corrected chi connectivity index (χ1v) is 14.9. The molecule has 12 heteroatoms. The van der Waals surface area contributed by atoms with E-state index in [1.165, 1.54) is 0 Å². The average molecular weight is 591 g/mol. The Morgan fingerprint density at radius 3 is 1.93 bits per heavy atom. The average Bonchev–Trinajstić information content (AvgIpc) is 3.45. The molecule has 4 rings (SSSR count). The molecule has 0 fully saturated rings. The molecule has 1 heterocycles. The number of nitrogens with two attached hydrogens (primary N) is 4. The number of nitrogens with zero attached hydrogens (tertiary/aromatic N) is 1. The van der Waals surface area contributed by atoms with Gasteiger partial charge in [0, 0.05) is 42.7 Å². The van der Waals surface area contributed by atoms with Gasteiger partial charge in [0.05, 0.1) is 22.5 Å². The Hall–Kier alpha value is -4.42. The van der Waals surface area contributed by atoms with Crippen molar-refractivity contribution in [1.82, 2.24) is 5.32 Å². The van der Waals surface area contributed by atoms with Gasteiger partial charge in [0.2, 0.25) is 0 Å². The van der Waals surface area contributed by atoms with E-state index in [-0.39, 0.29) is 34.4 Å². The van der Waals surface area contributed by atoms with E-state index < -0.39 is 5.91 Å². The molecule has 0 saturated heterocycles. The first-order valence-electron chi connectivity index (χ1n) is 14.9. The third-order valence-electron chi connectivity index (χ3n) is 7.35. The Morgan fingerprint density at radius 1 is 0.767 bits per heavy atom. The summed E-state index contributed by atoms with van der Waals surface area (Å²) in [6.45, 7) is 2.97. The summed E-state index contributed by atoms with van der Waals surface area (Å²) in [5.41, 5.74) is 24.5. The van der Waals surface area contributed by atoms with Crippen molar-refractivity contribution in [2.24, 2.45) is 27.9 Å². The van der Waals surface area contributed by atoms with Crippen LogP contribution in [-0.2, 0) is 0 Å². The number of fused-ring (bicyclic) bond motifs is 3. The van der Waals surface area contributed by atoms with E-state index in [1.807, 2.05) is 0 Å². The number of benzene rings is 2. The third kappa shape index (κ3) is 7.33. The van der Waals surface area contributed by atoms with E-state index in [1.54, 1.807) is 30.3 Å².